The lowest BCUT2D eigenvalue weighted by Gasteiger charge is -2.28. The highest BCUT2D eigenvalue weighted by atomic mass is 35.5. The van der Waals surface area contributed by atoms with Crippen molar-refractivity contribution in [1.82, 2.24) is 15.0 Å². The van der Waals surface area contributed by atoms with Crippen molar-refractivity contribution >= 4 is 17.4 Å². The molecular weight excluding hydrogens is 489 g/mol. The normalized spacial score (nSPS) is 18.2. The fourth-order valence-electron chi connectivity index (χ4n) is 5.48. The Morgan fingerprint density at radius 3 is 2.49 bits per heavy atom. The number of H-pyrrole nitrogens is 1. The Morgan fingerprint density at radius 2 is 1.78 bits per heavy atom. The second kappa shape index (κ2) is 10.5. The maximum atomic E-state index is 14.1. The minimum Gasteiger partial charge on any atom is -0.299 e. The van der Waals surface area contributed by atoms with Gasteiger partial charge in [0.15, 0.2) is 5.82 Å². The number of rotatable bonds is 8. The Morgan fingerprint density at radius 1 is 1.03 bits per heavy atom. The van der Waals surface area contributed by atoms with E-state index in [0.29, 0.717) is 41.5 Å². The highest BCUT2D eigenvalue weighted by Gasteiger charge is 2.39. The summed E-state index contributed by atoms with van der Waals surface area (Å²) in [5.74, 6) is 0.690. The number of nitrogens with one attached hydrogen (secondary N) is 1. The van der Waals surface area contributed by atoms with Gasteiger partial charge >= 0.3 is 5.69 Å². The molecule has 5 rings (SSSR count). The van der Waals surface area contributed by atoms with Crippen molar-refractivity contribution in [2.75, 3.05) is 6.67 Å². The van der Waals surface area contributed by atoms with Crippen molar-refractivity contribution in [2.24, 2.45) is 5.41 Å². The molecule has 3 aromatic rings. The van der Waals surface area contributed by atoms with Gasteiger partial charge < -0.3 is 0 Å². The first-order valence-electron chi connectivity index (χ1n) is 13.3. The number of aryl methyl sites for hydroxylation is 1. The highest BCUT2D eigenvalue weighted by Crippen LogP contribution is 2.48. The fourth-order valence-corrected chi connectivity index (χ4v) is 5.68. The van der Waals surface area contributed by atoms with Gasteiger partial charge in [-0.15, -0.1) is 0 Å². The van der Waals surface area contributed by atoms with Crippen LogP contribution in [0.2, 0.25) is 5.02 Å². The van der Waals surface area contributed by atoms with Crippen LogP contribution >= 0.6 is 11.6 Å². The molecule has 2 fully saturated rings. The van der Waals surface area contributed by atoms with Gasteiger partial charge in [-0.2, -0.15) is 4.98 Å². The number of aromatic amines is 1. The second-order valence-corrected chi connectivity index (χ2v) is 11.4. The van der Waals surface area contributed by atoms with Crippen molar-refractivity contribution in [2.45, 2.75) is 76.5 Å². The third-order valence-electron chi connectivity index (χ3n) is 8.30. The fraction of sp³-hybridized carbons (Fsp3) is 0.467. The van der Waals surface area contributed by atoms with Gasteiger partial charge in [-0.1, -0.05) is 68.5 Å². The van der Waals surface area contributed by atoms with E-state index in [1.165, 1.54) is 5.56 Å². The third kappa shape index (κ3) is 5.54. The summed E-state index contributed by atoms with van der Waals surface area (Å²) >= 11 is 6.52. The molecule has 2 aliphatic carbocycles. The number of carbonyl (C=O) groups excluding carboxylic acids is 1. The molecule has 2 aliphatic rings. The number of aromatic nitrogens is 3. The lowest BCUT2D eigenvalue weighted by Crippen LogP contribution is -2.33. The summed E-state index contributed by atoms with van der Waals surface area (Å²) < 4.78 is 14.1. The average Bonchev–Trinajstić information content (AvgIpc) is 3.71. The van der Waals surface area contributed by atoms with Crippen molar-refractivity contribution in [3.8, 4) is 22.8 Å². The molecule has 1 aromatic heterocycles. The number of hydrogen-bond acceptors (Lipinski definition) is 4. The van der Waals surface area contributed by atoms with Gasteiger partial charge in [0.05, 0.1) is 10.4 Å². The van der Waals surface area contributed by atoms with Gasteiger partial charge in [-0.05, 0) is 66.8 Å². The molecule has 0 saturated heterocycles. The van der Waals surface area contributed by atoms with Crippen LogP contribution < -0.4 is 5.69 Å². The predicted molar refractivity (Wildman–Crippen MR) is 145 cm³/mol. The molecule has 2 saturated carbocycles. The zero-order chi connectivity index (χ0) is 26.0. The first-order valence-corrected chi connectivity index (χ1v) is 13.7. The van der Waals surface area contributed by atoms with Crippen molar-refractivity contribution in [3.05, 3.63) is 69.1 Å². The first-order chi connectivity index (χ1) is 17.8. The van der Waals surface area contributed by atoms with Gasteiger partial charge in [0.25, 0.3) is 0 Å². The van der Waals surface area contributed by atoms with E-state index in [1.54, 1.807) is 6.07 Å². The van der Waals surface area contributed by atoms with E-state index in [9.17, 15) is 14.0 Å². The van der Waals surface area contributed by atoms with E-state index in [1.807, 2.05) is 24.3 Å². The molecule has 7 heteroatoms. The van der Waals surface area contributed by atoms with Crippen LogP contribution in [0.1, 0.15) is 75.8 Å². The average molecular weight is 522 g/mol. The topological polar surface area (TPSA) is 75.7 Å². The maximum absolute atomic E-state index is 14.1. The molecule has 194 valence electrons. The smallest absolute Gasteiger partial charge is 0.299 e. The van der Waals surface area contributed by atoms with Crippen LogP contribution in [0, 0.1) is 5.41 Å². The molecule has 0 aliphatic heterocycles. The van der Waals surface area contributed by atoms with E-state index in [4.69, 9.17) is 11.6 Å². The number of carbonyl (C=O) groups is 1. The summed E-state index contributed by atoms with van der Waals surface area (Å²) in [7, 11) is 0. The van der Waals surface area contributed by atoms with Crippen molar-refractivity contribution < 1.29 is 9.18 Å². The SMILES string of the molecule is CC1(c2cccc(-c3nc(-c4cc(CCC(=O)C5(CF)CCCCCC5)ccc4Cl)[nH]c(=O)n3)c2)CC1. The Bertz CT molecular complexity index is 1360. The molecule has 0 amide bonds. The zero-order valence-electron chi connectivity index (χ0n) is 21.3. The number of hydrogen-bond donors (Lipinski definition) is 1. The Balaban J connectivity index is 1.39. The lowest BCUT2D eigenvalue weighted by molar-refractivity contribution is -0.130. The van der Waals surface area contributed by atoms with Crippen LogP contribution in [0.5, 0.6) is 0 Å². The number of benzene rings is 2. The van der Waals surface area contributed by atoms with Crippen LogP contribution in [0.4, 0.5) is 4.39 Å². The number of halogens is 2. The minimum atomic E-state index is -0.829. The molecule has 0 unspecified atom stereocenters. The minimum absolute atomic E-state index is 0.00960. The van der Waals surface area contributed by atoms with Gasteiger partial charge in [-0.3, -0.25) is 14.2 Å². The number of ketones is 1. The summed E-state index contributed by atoms with van der Waals surface area (Å²) in [5, 5.41) is 0.443. The van der Waals surface area contributed by atoms with Crippen molar-refractivity contribution in [1.29, 1.82) is 0 Å². The molecule has 5 nitrogen and oxygen atoms in total. The lowest BCUT2D eigenvalue weighted by atomic mass is 9.76. The summed E-state index contributed by atoms with van der Waals surface area (Å²) in [6.45, 7) is 1.65. The summed E-state index contributed by atoms with van der Waals surface area (Å²) in [6.07, 6.45) is 8.29. The Labute approximate surface area is 221 Å². The van der Waals surface area contributed by atoms with Crippen LogP contribution in [0.25, 0.3) is 22.8 Å². The number of Topliss-reactive ketones (excluding diaryl/α,β-unsaturated/α-hetero) is 1. The van der Waals surface area contributed by atoms with Crippen molar-refractivity contribution in [3.63, 3.8) is 0 Å². The van der Waals surface area contributed by atoms with E-state index in [0.717, 1.165) is 49.7 Å². The van der Waals surface area contributed by atoms with Crippen LogP contribution in [-0.4, -0.2) is 27.4 Å². The zero-order valence-corrected chi connectivity index (χ0v) is 22.0. The van der Waals surface area contributed by atoms with Gasteiger partial charge in [0.1, 0.15) is 18.3 Å². The van der Waals surface area contributed by atoms with Gasteiger partial charge in [0.2, 0.25) is 0 Å². The highest BCUT2D eigenvalue weighted by molar-refractivity contribution is 6.33. The molecule has 2 aromatic carbocycles. The maximum Gasteiger partial charge on any atom is 0.348 e. The Kier molecular flexibility index (Phi) is 7.30. The van der Waals surface area contributed by atoms with Crippen LogP contribution in [0.15, 0.2) is 47.3 Å². The summed E-state index contributed by atoms with van der Waals surface area (Å²) in [4.78, 5) is 37.1. The Hall–Kier alpha value is -2.86. The van der Waals surface area contributed by atoms with E-state index in [2.05, 4.69) is 34.0 Å². The number of nitrogens with zero attached hydrogens (tertiary/aromatic N) is 2. The quantitative estimate of drug-likeness (QED) is 0.323. The molecule has 1 heterocycles. The van der Waals surface area contributed by atoms with E-state index < -0.39 is 17.8 Å². The number of alkyl halides is 1. The predicted octanol–water partition coefficient (Wildman–Crippen LogP) is 7.02. The van der Waals surface area contributed by atoms with Gasteiger partial charge in [-0.25, -0.2) is 9.78 Å². The molecule has 0 radical (unpaired) electrons. The molecule has 0 bridgehead atoms. The molecule has 0 spiro atoms. The standard InChI is InChI=1S/C30H33ClFN3O2/c1-29(15-16-29)22-8-6-7-21(18-22)26-33-27(35-28(37)34-26)23-17-20(9-11-24(23)31)10-12-25(36)30(19-32)13-4-2-3-5-14-30/h6-9,11,17-18H,2-5,10,12-16,19H2,1H3,(H,33,34,35,37). The first kappa shape index (κ1) is 25.8. The molecule has 0 atom stereocenters. The van der Waals surface area contributed by atoms with Crippen LogP contribution in [0.3, 0.4) is 0 Å². The molecule has 37 heavy (non-hydrogen) atoms. The van der Waals surface area contributed by atoms with E-state index in [-0.39, 0.29) is 17.6 Å². The molecular formula is C30H33ClFN3O2. The molecule has 1 N–H and O–H groups in total. The van der Waals surface area contributed by atoms with E-state index >= 15 is 0 Å². The summed E-state index contributed by atoms with van der Waals surface area (Å²) in [6, 6.07) is 13.5. The second-order valence-electron chi connectivity index (χ2n) is 11.0. The monoisotopic (exact) mass is 521 g/mol. The van der Waals surface area contributed by atoms with Crippen LogP contribution in [-0.2, 0) is 16.6 Å². The summed E-state index contributed by atoms with van der Waals surface area (Å²) in [5.41, 5.74) is 2.33. The largest absolute Gasteiger partial charge is 0.348 e. The van der Waals surface area contributed by atoms with Gasteiger partial charge in [0, 0.05) is 17.5 Å². The third-order valence-corrected chi connectivity index (χ3v) is 8.63.